The molecule has 0 N–H and O–H groups in total. The molecule has 6 heteroatoms. The summed E-state index contributed by atoms with van der Waals surface area (Å²) in [6.07, 6.45) is 84.8. The van der Waals surface area contributed by atoms with Crippen molar-refractivity contribution in [3.8, 4) is 0 Å². The monoisotopic (exact) mass is 975 g/mol. The summed E-state index contributed by atoms with van der Waals surface area (Å²) in [5.41, 5.74) is 0. The standard InChI is InChI=1S/C65H98O6/c1-4-7-10-13-16-19-22-25-28-30-32-34-37-40-43-46-49-52-55-58-64(67)70-61-62(60-69-63(66)57-54-51-48-45-42-39-36-27-24-21-18-15-12-9-6-3)71-65(68)59-56-53-50-47-44-41-38-35-33-31-29-26-23-20-17-14-11-8-5-2/h7-12,15-21,24-29,32-36,39-40,42-43,62H,4-6,13-14,22-23,30-31,37-38,41,44-61H2,1-3H3/b10-7-,11-8-,12-9-,18-15-,19-16-,20-17-,24-21-,28-25-,29-26-,34-32-,35-33-,36-27-,42-39-,43-40-. The zero-order valence-electron chi connectivity index (χ0n) is 44.9. The van der Waals surface area contributed by atoms with E-state index in [9.17, 15) is 14.4 Å². The van der Waals surface area contributed by atoms with Gasteiger partial charge in [-0.3, -0.25) is 14.4 Å². The summed E-state index contributed by atoms with van der Waals surface area (Å²) in [5.74, 6) is -1.02. The van der Waals surface area contributed by atoms with Crippen LogP contribution in [0.5, 0.6) is 0 Å². The first-order chi connectivity index (χ1) is 35.0. The molecule has 0 bridgehead atoms. The van der Waals surface area contributed by atoms with E-state index in [-0.39, 0.29) is 37.5 Å². The number of carbonyl (C=O) groups excluding carboxylic acids is 3. The molecule has 0 aliphatic rings. The molecule has 1 atom stereocenters. The Hall–Kier alpha value is -5.23. The van der Waals surface area contributed by atoms with Gasteiger partial charge in [-0.25, -0.2) is 0 Å². The Morgan fingerprint density at radius 3 is 0.972 bits per heavy atom. The molecule has 0 aliphatic heterocycles. The molecular weight excluding hydrogens is 877 g/mol. The Morgan fingerprint density at radius 2 is 0.577 bits per heavy atom. The van der Waals surface area contributed by atoms with Crippen LogP contribution in [0.25, 0.3) is 0 Å². The molecule has 0 aliphatic carbocycles. The summed E-state index contributed by atoms with van der Waals surface area (Å²) in [6, 6.07) is 0. The van der Waals surface area contributed by atoms with E-state index in [4.69, 9.17) is 14.2 Å². The molecule has 0 saturated carbocycles. The molecule has 0 aromatic heterocycles. The summed E-state index contributed by atoms with van der Waals surface area (Å²) >= 11 is 0. The van der Waals surface area contributed by atoms with Gasteiger partial charge in [0.15, 0.2) is 6.10 Å². The van der Waals surface area contributed by atoms with Gasteiger partial charge in [-0.1, -0.05) is 229 Å². The van der Waals surface area contributed by atoms with Gasteiger partial charge in [-0.05, 0) is 122 Å². The summed E-state index contributed by atoms with van der Waals surface area (Å²) in [5, 5.41) is 0. The molecule has 0 saturated heterocycles. The van der Waals surface area contributed by atoms with Gasteiger partial charge in [0.2, 0.25) is 0 Å². The quantitative estimate of drug-likeness (QED) is 0.0199. The molecule has 1 unspecified atom stereocenters. The summed E-state index contributed by atoms with van der Waals surface area (Å²) in [6.45, 7) is 6.17. The Morgan fingerprint density at radius 1 is 0.296 bits per heavy atom. The fraction of sp³-hybridized carbons (Fsp3) is 0.523. The maximum absolute atomic E-state index is 12.9. The van der Waals surface area contributed by atoms with E-state index in [1.807, 2.05) is 48.6 Å². The van der Waals surface area contributed by atoms with Crippen molar-refractivity contribution in [3.05, 3.63) is 170 Å². The van der Waals surface area contributed by atoms with E-state index < -0.39 is 6.10 Å². The molecule has 0 rings (SSSR count). The van der Waals surface area contributed by atoms with Gasteiger partial charge in [-0.2, -0.15) is 0 Å². The van der Waals surface area contributed by atoms with Crippen molar-refractivity contribution in [2.45, 2.75) is 207 Å². The number of allylic oxidation sites excluding steroid dienone is 28. The van der Waals surface area contributed by atoms with E-state index >= 15 is 0 Å². The van der Waals surface area contributed by atoms with Gasteiger partial charge >= 0.3 is 17.9 Å². The molecule has 0 amide bonds. The maximum atomic E-state index is 12.9. The van der Waals surface area contributed by atoms with E-state index in [1.165, 1.54) is 12.8 Å². The van der Waals surface area contributed by atoms with Crippen molar-refractivity contribution in [2.24, 2.45) is 0 Å². The van der Waals surface area contributed by atoms with Crippen molar-refractivity contribution in [1.29, 1.82) is 0 Å². The average molecular weight is 975 g/mol. The van der Waals surface area contributed by atoms with Crippen molar-refractivity contribution < 1.29 is 28.6 Å². The summed E-state index contributed by atoms with van der Waals surface area (Å²) in [4.78, 5) is 38.1. The Bertz CT molecular complexity index is 1690. The molecule has 71 heavy (non-hydrogen) atoms. The Balaban J connectivity index is 4.59. The highest BCUT2D eigenvalue weighted by Gasteiger charge is 2.19. The van der Waals surface area contributed by atoms with Crippen molar-refractivity contribution in [1.82, 2.24) is 0 Å². The highest BCUT2D eigenvalue weighted by molar-refractivity contribution is 5.71. The first-order valence-corrected chi connectivity index (χ1v) is 27.7. The minimum Gasteiger partial charge on any atom is -0.462 e. The van der Waals surface area contributed by atoms with Gasteiger partial charge in [-0.15, -0.1) is 0 Å². The lowest BCUT2D eigenvalue weighted by Gasteiger charge is -2.18. The first kappa shape index (κ1) is 65.8. The Labute approximate surface area is 434 Å². The van der Waals surface area contributed by atoms with E-state index in [0.29, 0.717) is 12.8 Å². The smallest absolute Gasteiger partial charge is 0.306 e. The zero-order valence-corrected chi connectivity index (χ0v) is 44.9. The maximum Gasteiger partial charge on any atom is 0.306 e. The minimum atomic E-state index is -0.828. The zero-order chi connectivity index (χ0) is 51.4. The molecule has 6 nitrogen and oxygen atoms in total. The predicted octanol–water partition coefficient (Wildman–Crippen LogP) is 18.8. The molecule has 0 aromatic carbocycles. The molecule has 394 valence electrons. The van der Waals surface area contributed by atoms with Crippen LogP contribution in [0.1, 0.15) is 201 Å². The van der Waals surface area contributed by atoms with Gasteiger partial charge in [0.05, 0.1) is 0 Å². The number of rotatable bonds is 47. The molecule has 0 fully saturated rings. The van der Waals surface area contributed by atoms with Gasteiger partial charge < -0.3 is 14.2 Å². The molecule has 0 aromatic rings. The second-order valence-corrected chi connectivity index (χ2v) is 17.5. The van der Waals surface area contributed by atoms with Crippen LogP contribution in [-0.2, 0) is 28.6 Å². The SMILES string of the molecule is CC\C=C/C=C\C=C/C=C\C=C/CCCCCC(=O)OCC(COC(=O)CCCCC/C=C\C/C=C\C/C=C\C/C=C\C/C=C\CC)OC(=O)CCCCCCCC/C=C\C/C=C\C/C=C\C/C=C\CC. The highest BCUT2D eigenvalue weighted by Crippen LogP contribution is 2.12. The van der Waals surface area contributed by atoms with Gasteiger partial charge in [0.25, 0.3) is 0 Å². The number of ether oxygens (including phenoxy) is 3. The highest BCUT2D eigenvalue weighted by atomic mass is 16.6. The lowest BCUT2D eigenvalue weighted by molar-refractivity contribution is -0.167. The molecular formula is C65H98O6. The van der Waals surface area contributed by atoms with Gasteiger partial charge in [0.1, 0.15) is 13.2 Å². The van der Waals surface area contributed by atoms with Gasteiger partial charge in [0, 0.05) is 19.3 Å². The van der Waals surface area contributed by atoms with E-state index in [0.717, 1.165) is 148 Å². The fourth-order valence-electron chi connectivity index (χ4n) is 6.77. The fourth-order valence-corrected chi connectivity index (χ4v) is 6.77. The number of esters is 3. The lowest BCUT2D eigenvalue weighted by Crippen LogP contribution is -2.30. The number of hydrogen-bond donors (Lipinski definition) is 0. The van der Waals surface area contributed by atoms with Crippen LogP contribution < -0.4 is 0 Å². The predicted molar refractivity (Wildman–Crippen MR) is 306 cm³/mol. The third-order valence-electron chi connectivity index (χ3n) is 10.8. The van der Waals surface area contributed by atoms with Crippen LogP contribution >= 0.6 is 0 Å². The van der Waals surface area contributed by atoms with Crippen LogP contribution in [-0.4, -0.2) is 37.2 Å². The summed E-state index contributed by atoms with van der Waals surface area (Å²) < 4.78 is 16.8. The van der Waals surface area contributed by atoms with Crippen LogP contribution in [0.3, 0.4) is 0 Å². The molecule has 0 heterocycles. The van der Waals surface area contributed by atoms with Crippen LogP contribution in [0.2, 0.25) is 0 Å². The lowest BCUT2D eigenvalue weighted by atomic mass is 10.1. The number of unbranched alkanes of at least 4 members (excludes halogenated alkanes) is 12. The van der Waals surface area contributed by atoms with E-state index in [2.05, 4.69) is 142 Å². The molecule has 0 radical (unpaired) electrons. The largest absolute Gasteiger partial charge is 0.462 e. The topological polar surface area (TPSA) is 78.9 Å². The normalized spacial score (nSPS) is 13.5. The molecule has 0 spiro atoms. The third-order valence-corrected chi connectivity index (χ3v) is 10.8. The van der Waals surface area contributed by atoms with Crippen molar-refractivity contribution >= 4 is 17.9 Å². The minimum absolute atomic E-state index is 0.124. The first-order valence-electron chi connectivity index (χ1n) is 27.7. The van der Waals surface area contributed by atoms with Crippen LogP contribution in [0.4, 0.5) is 0 Å². The van der Waals surface area contributed by atoms with E-state index in [1.54, 1.807) is 0 Å². The van der Waals surface area contributed by atoms with Crippen molar-refractivity contribution in [2.75, 3.05) is 13.2 Å². The second kappa shape index (κ2) is 57.3. The Kier molecular flexibility index (Phi) is 53.1. The number of hydrogen-bond acceptors (Lipinski definition) is 6. The second-order valence-electron chi connectivity index (χ2n) is 17.5. The number of carbonyl (C=O) groups is 3. The third kappa shape index (κ3) is 55.6. The van der Waals surface area contributed by atoms with Crippen LogP contribution in [0, 0.1) is 0 Å². The summed E-state index contributed by atoms with van der Waals surface area (Å²) in [7, 11) is 0. The average Bonchev–Trinajstić information content (AvgIpc) is 3.37. The van der Waals surface area contributed by atoms with Crippen LogP contribution in [0.15, 0.2) is 170 Å². The van der Waals surface area contributed by atoms with Crippen molar-refractivity contribution in [3.63, 3.8) is 0 Å².